The lowest BCUT2D eigenvalue weighted by molar-refractivity contribution is -0.137. The monoisotopic (exact) mass is 530 g/mol. The van der Waals surface area contributed by atoms with Crippen LogP contribution in [0.1, 0.15) is 18.4 Å². The quantitative estimate of drug-likeness (QED) is 0.463. The highest BCUT2D eigenvalue weighted by atomic mass is 32.2. The molecule has 1 amide bonds. The Balaban J connectivity index is 1.16. The van der Waals surface area contributed by atoms with E-state index in [4.69, 9.17) is 4.98 Å². The summed E-state index contributed by atoms with van der Waals surface area (Å²) in [7, 11) is -3.53. The van der Waals surface area contributed by atoms with Crippen molar-refractivity contribution in [1.82, 2.24) is 14.2 Å². The lowest BCUT2D eigenvalue weighted by atomic mass is 9.96. The van der Waals surface area contributed by atoms with Crippen molar-refractivity contribution >= 4 is 54.4 Å². The van der Waals surface area contributed by atoms with Crippen molar-refractivity contribution in [2.45, 2.75) is 29.6 Å². The topological polar surface area (TPSA) is 73.8 Å². The molecule has 1 aromatic heterocycles. The number of thiazole rings is 1. The number of benzene rings is 2. The molecule has 35 heavy (non-hydrogen) atoms. The number of fused-ring (bicyclic) bond motifs is 1. The number of carbonyl (C=O) groups is 1. The molecule has 2 aromatic carbocycles. The Hall–Kier alpha value is -2.14. The molecule has 0 saturated carbocycles. The van der Waals surface area contributed by atoms with Gasteiger partial charge in [0.15, 0.2) is 5.13 Å². The lowest BCUT2D eigenvalue weighted by Gasteiger charge is -2.38. The first-order valence-corrected chi connectivity index (χ1v) is 15.4. The summed E-state index contributed by atoms with van der Waals surface area (Å²) in [5.74, 6) is 0.0446. The van der Waals surface area contributed by atoms with Crippen molar-refractivity contribution < 1.29 is 13.2 Å². The van der Waals surface area contributed by atoms with Crippen LogP contribution in [0.15, 0.2) is 52.3 Å². The van der Waals surface area contributed by atoms with Gasteiger partial charge in [-0.15, -0.1) is 11.8 Å². The van der Waals surface area contributed by atoms with Gasteiger partial charge in [-0.05, 0) is 61.9 Å². The van der Waals surface area contributed by atoms with Gasteiger partial charge in [-0.1, -0.05) is 23.5 Å². The van der Waals surface area contributed by atoms with Gasteiger partial charge in [0.25, 0.3) is 0 Å². The van der Waals surface area contributed by atoms with Crippen LogP contribution in [0.4, 0.5) is 5.13 Å². The SMILES string of the molecule is CSc1ccc(S(=O)(=O)N2CCC(C(=O)N3CCN(c4nc5c(C)cccc5s4)CC3)CC2)cc1. The van der Waals surface area contributed by atoms with Crippen LogP contribution in [0.5, 0.6) is 0 Å². The molecule has 186 valence electrons. The number of carbonyl (C=O) groups excluding carboxylic acids is 1. The number of thioether (sulfide) groups is 1. The van der Waals surface area contributed by atoms with Crippen LogP contribution < -0.4 is 4.90 Å². The summed E-state index contributed by atoms with van der Waals surface area (Å²) in [5, 5.41) is 1.02. The van der Waals surface area contributed by atoms with E-state index in [1.807, 2.05) is 23.3 Å². The van der Waals surface area contributed by atoms with Crippen molar-refractivity contribution in [3.63, 3.8) is 0 Å². The molecule has 7 nitrogen and oxygen atoms in total. The van der Waals surface area contributed by atoms with Gasteiger partial charge >= 0.3 is 0 Å². The van der Waals surface area contributed by atoms with Gasteiger partial charge in [0, 0.05) is 50.1 Å². The predicted molar refractivity (Wildman–Crippen MR) is 143 cm³/mol. The van der Waals surface area contributed by atoms with Crippen LogP contribution >= 0.6 is 23.1 Å². The Labute approximate surface area is 215 Å². The number of para-hydroxylation sites is 1. The summed E-state index contributed by atoms with van der Waals surface area (Å²) in [6.45, 7) is 5.73. The Morgan fingerprint density at radius 1 is 1.00 bits per heavy atom. The molecule has 0 N–H and O–H groups in total. The zero-order valence-corrected chi connectivity index (χ0v) is 22.5. The van der Waals surface area contributed by atoms with Crippen molar-refractivity contribution in [3.8, 4) is 0 Å². The third kappa shape index (κ3) is 4.94. The van der Waals surface area contributed by atoms with E-state index in [9.17, 15) is 13.2 Å². The first-order valence-electron chi connectivity index (χ1n) is 11.9. The summed E-state index contributed by atoms with van der Waals surface area (Å²) < 4.78 is 28.8. The Bertz CT molecular complexity index is 1310. The second-order valence-corrected chi connectivity index (χ2v) is 12.9. The molecule has 2 aliphatic heterocycles. The van der Waals surface area contributed by atoms with E-state index < -0.39 is 10.0 Å². The molecular weight excluding hydrogens is 501 g/mol. The maximum absolute atomic E-state index is 13.2. The average Bonchev–Trinajstić information content (AvgIpc) is 3.34. The van der Waals surface area contributed by atoms with Crippen molar-refractivity contribution in [2.24, 2.45) is 5.92 Å². The summed E-state index contributed by atoms with van der Waals surface area (Å²) >= 11 is 3.29. The van der Waals surface area contributed by atoms with Gasteiger partial charge in [0.2, 0.25) is 15.9 Å². The molecule has 5 rings (SSSR count). The summed E-state index contributed by atoms with van der Waals surface area (Å²) in [4.78, 5) is 23.6. The van der Waals surface area contributed by atoms with Crippen LogP contribution in [0.25, 0.3) is 10.2 Å². The zero-order chi connectivity index (χ0) is 24.6. The molecule has 2 aliphatic rings. The molecule has 0 bridgehead atoms. The average molecular weight is 531 g/mol. The highest BCUT2D eigenvalue weighted by molar-refractivity contribution is 7.98. The number of rotatable bonds is 5. The van der Waals surface area contributed by atoms with Gasteiger partial charge in [-0.25, -0.2) is 13.4 Å². The first kappa shape index (κ1) is 24.5. The van der Waals surface area contributed by atoms with Crippen LogP contribution in [0.3, 0.4) is 0 Å². The minimum Gasteiger partial charge on any atom is -0.345 e. The van der Waals surface area contributed by atoms with E-state index >= 15 is 0 Å². The van der Waals surface area contributed by atoms with Crippen LogP contribution in [0.2, 0.25) is 0 Å². The third-order valence-corrected chi connectivity index (χ3v) is 10.7. The van der Waals surface area contributed by atoms with Crippen LogP contribution in [-0.4, -0.2) is 74.0 Å². The molecule has 0 atom stereocenters. The Kier molecular flexibility index (Phi) is 7.07. The second-order valence-electron chi connectivity index (χ2n) is 9.08. The Morgan fingerprint density at radius 3 is 2.31 bits per heavy atom. The van der Waals surface area contributed by atoms with E-state index in [1.54, 1.807) is 35.2 Å². The van der Waals surface area contributed by atoms with E-state index in [2.05, 4.69) is 30.0 Å². The van der Waals surface area contributed by atoms with Crippen molar-refractivity contribution in [3.05, 3.63) is 48.0 Å². The summed E-state index contributed by atoms with van der Waals surface area (Å²) in [5.41, 5.74) is 2.25. The number of piperidine rings is 1. The minimum absolute atomic E-state index is 0.114. The molecule has 0 radical (unpaired) electrons. The smallest absolute Gasteiger partial charge is 0.243 e. The fourth-order valence-electron chi connectivity index (χ4n) is 4.83. The van der Waals surface area contributed by atoms with Gasteiger partial charge in [-0.3, -0.25) is 4.79 Å². The number of sulfonamides is 1. The number of hydrogen-bond donors (Lipinski definition) is 0. The van der Waals surface area contributed by atoms with E-state index in [0.29, 0.717) is 43.9 Å². The number of piperazine rings is 1. The van der Waals surface area contributed by atoms with E-state index in [-0.39, 0.29) is 11.8 Å². The fraction of sp³-hybridized carbons (Fsp3) is 0.440. The number of aryl methyl sites for hydroxylation is 1. The minimum atomic E-state index is -3.53. The predicted octanol–water partition coefficient (Wildman–Crippen LogP) is 4.08. The molecule has 0 aliphatic carbocycles. The lowest BCUT2D eigenvalue weighted by Crippen LogP contribution is -2.52. The number of amides is 1. The molecule has 3 aromatic rings. The Morgan fingerprint density at radius 2 is 1.69 bits per heavy atom. The number of hydrogen-bond acceptors (Lipinski definition) is 7. The fourth-order valence-corrected chi connectivity index (χ4v) is 7.80. The van der Waals surface area contributed by atoms with Gasteiger partial charge in [-0.2, -0.15) is 4.31 Å². The maximum Gasteiger partial charge on any atom is 0.243 e. The number of nitrogens with zero attached hydrogens (tertiary/aromatic N) is 4. The molecule has 0 spiro atoms. The second kappa shape index (κ2) is 10.1. The highest BCUT2D eigenvalue weighted by Crippen LogP contribution is 2.32. The summed E-state index contributed by atoms with van der Waals surface area (Å²) in [6.07, 6.45) is 3.10. The number of aromatic nitrogens is 1. The number of anilines is 1. The van der Waals surface area contributed by atoms with Gasteiger partial charge in [0.05, 0.1) is 15.1 Å². The zero-order valence-electron chi connectivity index (χ0n) is 20.0. The van der Waals surface area contributed by atoms with Crippen LogP contribution in [-0.2, 0) is 14.8 Å². The molecule has 3 heterocycles. The molecule has 2 fully saturated rings. The maximum atomic E-state index is 13.2. The molecular formula is C25H30N4O3S3. The van der Waals surface area contributed by atoms with E-state index in [0.717, 1.165) is 28.6 Å². The largest absolute Gasteiger partial charge is 0.345 e. The standard InChI is InChI=1S/C25H30N4O3S3/c1-18-4-3-5-22-23(18)26-25(34-22)28-16-14-27(15-17-28)24(30)19-10-12-29(13-11-19)35(31,32)21-8-6-20(33-2)7-9-21/h3-9,19H,10-17H2,1-2H3. The summed E-state index contributed by atoms with van der Waals surface area (Å²) in [6, 6.07) is 13.3. The normalized spacial score (nSPS) is 18.3. The highest BCUT2D eigenvalue weighted by Gasteiger charge is 2.35. The molecule has 0 unspecified atom stereocenters. The van der Waals surface area contributed by atoms with Crippen LogP contribution in [0, 0.1) is 12.8 Å². The molecule has 2 saturated heterocycles. The van der Waals surface area contributed by atoms with E-state index in [1.165, 1.54) is 14.6 Å². The first-order chi connectivity index (χ1) is 16.9. The van der Waals surface area contributed by atoms with Gasteiger partial charge in [0.1, 0.15) is 0 Å². The van der Waals surface area contributed by atoms with Gasteiger partial charge < -0.3 is 9.80 Å². The van der Waals surface area contributed by atoms with Crippen molar-refractivity contribution in [1.29, 1.82) is 0 Å². The van der Waals surface area contributed by atoms with Crippen molar-refractivity contribution in [2.75, 3.05) is 50.4 Å². The molecule has 10 heteroatoms. The third-order valence-electron chi connectivity index (χ3n) is 6.97.